The molecular formula is C15H19N3O5. The highest BCUT2D eigenvalue weighted by Crippen LogP contribution is 2.13. The van der Waals surface area contributed by atoms with Gasteiger partial charge >= 0.3 is 6.09 Å². The first-order valence-electron chi connectivity index (χ1n) is 7.09. The molecule has 0 bridgehead atoms. The first-order chi connectivity index (χ1) is 11.0. The van der Waals surface area contributed by atoms with Crippen molar-refractivity contribution in [1.29, 1.82) is 0 Å². The van der Waals surface area contributed by atoms with Gasteiger partial charge in [-0.1, -0.05) is 30.3 Å². The van der Waals surface area contributed by atoms with Gasteiger partial charge in [0.15, 0.2) is 0 Å². The Morgan fingerprint density at radius 1 is 1.35 bits per heavy atom. The third-order valence-corrected chi connectivity index (χ3v) is 3.48. The summed E-state index contributed by atoms with van der Waals surface area (Å²) in [6.45, 7) is 1.77. The van der Waals surface area contributed by atoms with Crippen LogP contribution in [0, 0.1) is 0 Å². The van der Waals surface area contributed by atoms with Crippen molar-refractivity contribution in [2.45, 2.75) is 25.3 Å². The molecule has 8 nitrogen and oxygen atoms in total. The van der Waals surface area contributed by atoms with E-state index in [0.29, 0.717) is 0 Å². The van der Waals surface area contributed by atoms with Gasteiger partial charge in [-0.15, -0.1) is 0 Å². The van der Waals surface area contributed by atoms with Crippen molar-refractivity contribution in [2.75, 3.05) is 13.7 Å². The number of ether oxygens (including phenoxy) is 2. The largest absolute Gasteiger partial charge is 0.445 e. The van der Waals surface area contributed by atoms with Crippen LogP contribution in [0.3, 0.4) is 0 Å². The summed E-state index contributed by atoms with van der Waals surface area (Å²) in [7, 11) is 1.32. The number of amides is 3. The maximum Gasteiger partial charge on any atom is 0.408 e. The summed E-state index contributed by atoms with van der Waals surface area (Å²) >= 11 is 0. The maximum absolute atomic E-state index is 12.0. The SMILES string of the molecule is COC1(NC(=O)C(C)NC(=O)OCc2ccccc2)CNC1=O. The summed E-state index contributed by atoms with van der Waals surface area (Å²) in [6, 6.07) is 8.29. The zero-order chi connectivity index (χ0) is 16.9. The number of rotatable bonds is 6. The lowest BCUT2D eigenvalue weighted by molar-refractivity contribution is -0.167. The molecule has 1 saturated heterocycles. The number of β-lactam (4-membered cyclic amide) rings is 1. The van der Waals surface area contributed by atoms with Crippen molar-refractivity contribution in [2.24, 2.45) is 0 Å². The Morgan fingerprint density at radius 3 is 2.57 bits per heavy atom. The van der Waals surface area contributed by atoms with Crippen molar-refractivity contribution in [1.82, 2.24) is 16.0 Å². The van der Waals surface area contributed by atoms with Crippen LogP contribution >= 0.6 is 0 Å². The van der Waals surface area contributed by atoms with Crippen LogP contribution in [0.1, 0.15) is 12.5 Å². The molecule has 1 aromatic rings. The van der Waals surface area contributed by atoms with Crippen LogP contribution in [-0.4, -0.2) is 43.3 Å². The molecule has 23 heavy (non-hydrogen) atoms. The minimum absolute atomic E-state index is 0.103. The molecule has 8 heteroatoms. The predicted octanol–water partition coefficient (Wildman–Crippen LogP) is -0.110. The number of carbonyl (C=O) groups excluding carboxylic acids is 3. The number of alkyl carbamates (subject to hydrolysis) is 1. The van der Waals surface area contributed by atoms with E-state index in [1.165, 1.54) is 14.0 Å². The lowest BCUT2D eigenvalue weighted by Gasteiger charge is -2.39. The van der Waals surface area contributed by atoms with Crippen LogP contribution in [0.4, 0.5) is 4.79 Å². The molecule has 2 unspecified atom stereocenters. The zero-order valence-corrected chi connectivity index (χ0v) is 12.9. The van der Waals surface area contributed by atoms with Crippen molar-refractivity contribution in [3.8, 4) is 0 Å². The van der Waals surface area contributed by atoms with E-state index >= 15 is 0 Å². The topological polar surface area (TPSA) is 106 Å². The summed E-state index contributed by atoms with van der Waals surface area (Å²) in [6.07, 6.45) is -0.721. The van der Waals surface area contributed by atoms with E-state index in [1.54, 1.807) is 0 Å². The molecule has 1 heterocycles. The molecule has 1 aromatic carbocycles. The van der Waals surface area contributed by atoms with E-state index in [9.17, 15) is 14.4 Å². The van der Waals surface area contributed by atoms with E-state index < -0.39 is 29.7 Å². The molecule has 0 spiro atoms. The fourth-order valence-corrected chi connectivity index (χ4v) is 1.95. The summed E-state index contributed by atoms with van der Waals surface area (Å²) < 4.78 is 10.1. The van der Waals surface area contributed by atoms with E-state index in [-0.39, 0.29) is 13.2 Å². The van der Waals surface area contributed by atoms with Gasteiger partial charge < -0.3 is 25.4 Å². The van der Waals surface area contributed by atoms with Gasteiger partial charge in [0.2, 0.25) is 11.6 Å². The second-order valence-corrected chi connectivity index (χ2v) is 5.13. The number of hydrogen-bond donors (Lipinski definition) is 3. The molecule has 0 aliphatic carbocycles. The lowest BCUT2D eigenvalue weighted by atomic mass is 10.1. The van der Waals surface area contributed by atoms with Gasteiger partial charge in [-0.2, -0.15) is 0 Å². The second kappa shape index (κ2) is 7.10. The molecule has 3 amide bonds. The summed E-state index contributed by atoms with van der Waals surface area (Å²) in [4.78, 5) is 35.2. The van der Waals surface area contributed by atoms with Crippen LogP contribution in [0.25, 0.3) is 0 Å². The zero-order valence-electron chi connectivity index (χ0n) is 12.9. The second-order valence-electron chi connectivity index (χ2n) is 5.13. The van der Waals surface area contributed by atoms with Gasteiger partial charge in [0.05, 0.1) is 6.54 Å². The lowest BCUT2D eigenvalue weighted by Crippen LogP contribution is -2.75. The maximum atomic E-state index is 12.0. The van der Waals surface area contributed by atoms with Crippen LogP contribution in [0.2, 0.25) is 0 Å². The van der Waals surface area contributed by atoms with Crippen molar-refractivity contribution < 1.29 is 23.9 Å². The van der Waals surface area contributed by atoms with Gasteiger partial charge in [-0.25, -0.2) is 4.79 Å². The molecule has 0 radical (unpaired) electrons. The number of methoxy groups -OCH3 is 1. The van der Waals surface area contributed by atoms with Crippen molar-refractivity contribution in [3.05, 3.63) is 35.9 Å². The smallest absolute Gasteiger partial charge is 0.408 e. The number of benzene rings is 1. The van der Waals surface area contributed by atoms with Gasteiger partial charge in [0, 0.05) is 7.11 Å². The van der Waals surface area contributed by atoms with Crippen LogP contribution in [0.15, 0.2) is 30.3 Å². The minimum Gasteiger partial charge on any atom is -0.445 e. The van der Waals surface area contributed by atoms with E-state index in [2.05, 4.69) is 16.0 Å². The van der Waals surface area contributed by atoms with Crippen molar-refractivity contribution in [3.63, 3.8) is 0 Å². The van der Waals surface area contributed by atoms with Gasteiger partial charge in [-0.05, 0) is 12.5 Å². The average Bonchev–Trinajstić information content (AvgIpc) is 2.57. The Kier molecular flexibility index (Phi) is 5.17. The molecule has 3 N–H and O–H groups in total. The monoisotopic (exact) mass is 321 g/mol. The normalized spacial score (nSPS) is 20.7. The van der Waals surface area contributed by atoms with E-state index in [4.69, 9.17) is 9.47 Å². The summed E-state index contributed by atoms with van der Waals surface area (Å²) in [5, 5.41) is 7.35. The first-order valence-corrected chi connectivity index (χ1v) is 7.09. The average molecular weight is 321 g/mol. The molecule has 1 fully saturated rings. The molecule has 2 rings (SSSR count). The molecule has 124 valence electrons. The molecule has 1 aliphatic rings. The fourth-order valence-electron chi connectivity index (χ4n) is 1.95. The van der Waals surface area contributed by atoms with Gasteiger partial charge in [-0.3, -0.25) is 9.59 Å². The van der Waals surface area contributed by atoms with Crippen LogP contribution in [0.5, 0.6) is 0 Å². The Labute approximate surface area is 133 Å². The Balaban J connectivity index is 1.79. The summed E-state index contributed by atoms with van der Waals surface area (Å²) in [5.74, 6) is -0.967. The number of nitrogens with one attached hydrogen (secondary N) is 3. The van der Waals surface area contributed by atoms with E-state index in [0.717, 1.165) is 5.56 Å². The van der Waals surface area contributed by atoms with Crippen LogP contribution in [-0.2, 0) is 25.7 Å². The quantitative estimate of drug-likeness (QED) is 0.501. The predicted molar refractivity (Wildman–Crippen MR) is 80.1 cm³/mol. The highest BCUT2D eigenvalue weighted by molar-refractivity contribution is 5.96. The first kappa shape index (κ1) is 16.8. The Bertz CT molecular complexity index is 588. The number of hydrogen-bond acceptors (Lipinski definition) is 5. The highest BCUT2D eigenvalue weighted by atomic mass is 16.5. The van der Waals surface area contributed by atoms with Crippen LogP contribution < -0.4 is 16.0 Å². The minimum atomic E-state index is -1.36. The summed E-state index contributed by atoms with van der Waals surface area (Å²) in [5.41, 5.74) is -0.523. The fraction of sp³-hybridized carbons (Fsp3) is 0.400. The Hall–Kier alpha value is -2.61. The van der Waals surface area contributed by atoms with E-state index in [1.807, 2.05) is 30.3 Å². The Morgan fingerprint density at radius 2 is 2.04 bits per heavy atom. The third-order valence-electron chi connectivity index (χ3n) is 3.48. The molecule has 0 saturated carbocycles. The highest BCUT2D eigenvalue weighted by Gasteiger charge is 2.48. The van der Waals surface area contributed by atoms with Gasteiger partial charge in [0.1, 0.15) is 12.6 Å². The third kappa shape index (κ3) is 3.98. The number of carbonyl (C=O) groups is 3. The molecule has 0 aromatic heterocycles. The molecule has 1 aliphatic heterocycles. The molecular weight excluding hydrogens is 302 g/mol. The van der Waals surface area contributed by atoms with Crippen molar-refractivity contribution >= 4 is 17.9 Å². The standard InChI is InChI=1S/C15H19N3O5/c1-10(12(19)18-15(22-2)9-16-13(15)20)17-14(21)23-8-11-6-4-3-5-7-11/h3-7,10H,8-9H2,1-2H3,(H,16,20)(H,17,21)(H,18,19). The van der Waals surface area contributed by atoms with Gasteiger partial charge in [0.25, 0.3) is 5.91 Å². The molecule has 2 atom stereocenters.